The molecule has 0 aliphatic carbocycles. The first-order chi connectivity index (χ1) is 17.3. The molecule has 3 N–H and O–H groups in total. The van der Waals surface area contributed by atoms with Gasteiger partial charge in [0.25, 0.3) is 0 Å². The lowest BCUT2D eigenvalue weighted by atomic mass is 9.62. The van der Waals surface area contributed by atoms with Gasteiger partial charge in [0.05, 0.1) is 6.07 Å². The number of benzene rings is 2. The normalized spacial score (nSPS) is 23.2. The third-order valence-corrected chi connectivity index (χ3v) is 6.40. The van der Waals surface area contributed by atoms with E-state index in [1.165, 1.54) is 24.3 Å². The molecule has 0 bridgehead atoms. The molecule has 0 radical (unpaired) electrons. The fourth-order valence-electron chi connectivity index (χ4n) is 4.54. The topological polar surface area (TPSA) is 110 Å². The third-order valence-electron chi connectivity index (χ3n) is 5.93. The average molecular weight is 581 g/mol. The van der Waals surface area contributed by atoms with Crippen LogP contribution < -0.4 is 5.32 Å². The van der Waals surface area contributed by atoms with Gasteiger partial charge >= 0.3 is 18.1 Å². The number of nitrogens with zero attached hydrogens (tertiary/aromatic N) is 1. The molecular weight excluding hydrogens is 558 g/mol. The van der Waals surface area contributed by atoms with Crippen molar-refractivity contribution in [2.75, 3.05) is 0 Å². The van der Waals surface area contributed by atoms with Crippen LogP contribution in [-0.2, 0) is 15.0 Å². The first-order valence-electron chi connectivity index (χ1n) is 11.0. The Morgan fingerprint density at radius 3 is 2.00 bits per heavy atom. The van der Waals surface area contributed by atoms with E-state index in [2.05, 4.69) is 11.4 Å². The number of nitrogens with one attached hydrogen (secondary N) is 1. The van der Waals surface area contributed by atoms with E-state index in [9.17, 15) is 32.7 Å². The molecule has 6 nitrogen and oxygen atoms in total. The van der Waals surface area contributed by atoms with Gasteiger partial charge in [0, 0.05) is 27.6 Å². The number of alkyl halides is 3. The number of carbonyl (C=O) groups is 2. The fourth-order valence-corrected chi connectivity index (χ4v) is 4.88. The summed E-state index contributed by atoms with van der Waals surface area (Å²) in [5, 5.41) is 30.9. The quantitative estimate of drug-likeness (QED) is 0.365. The Bertz CT molecular complexity index is 1260. The predicted molar refractivity (Wildman–Crippen MR) is 129 cm³/mol. The Balaban J connectivity index is 0.000000638. The second-order valence-corrected chi connectivity index (χ2v) is 10.7. The van der Waals surface area contributed by atoms with Crippen LogP contribution in [0.3, 0.4) is 0 Å². The van der Waals surface area contributed by atoms with Gasteiger partial charge in [-0.2, -0.15) is 18.4 Å². The molecule has 0 amide bonds. The molecule has 38 heavy (non-hydrogen) atoms. The maximum atomic E-state index is 15.2. The summed E-state index contributed by atoms with van der Waals surface area (Å²) in [6.07, 6.45) is -4.74. The SMILES string of the molecule is CC(C)(C)C[C@@H]1N[C@@H](C(=O)O)[C@H](c2cc(Cl)ccc2F)[C@@]1(C#N)c1ccc(Cl)cc1F.O=C(O)C(F)(F)F. The number of nitriles is 1. The summed E-state index contributed by atoms with van der Waals surface area (Å²) in [5.74, 6) is -6.74. The molecule has 1 aliphatic heterocycles. The number of halogens is 7. The van der Waals surface area contributed by atoms with Crippen molar-refractivity contribution in [3.05, 3.63) is 69.2 Å². The van der Waals surface area contributed by atoms with Gasteiger partial charge in [0.2, 0.25) is 0 Å². The lowest BCUT2D eigenvalue weighted by Gasteiger charge is -2.37. The highest BCUT2D eigenvalue weighted by molar-refractivity contribution is 6.30. The Kier molecular flexibility index (Phi) is 9.41. The second kappa shape index (κ2) is 11.4. The van der Waals surface area contributed by atoms with Gasteiger partial charge in [0.1, 0.15) is 23.1 Å². The van der Waals surface area contributed by atoms with Gasteiger partial charge in [-0.05, 0) is 47.7 Å². The predicted octanol–water partition coefficient (Wildman–Crippen LogP) is 6.31. The van der Waals surface area contributed by atoms with Crippen molar-refractivity contribution in [2.45, 2.75) is 56.8 Å². The molecule has 3 rings (SSSR count). The standard InChI is InChI=1S/C23H22Cl2F2N2O2.C2HF3O2/c1-22(2,3)10-18-23(11-28,15-6-4-13(25)9-17(15)27)19(20(29-18)21(30)31)14-8-12(24)5-7-16(14)26;3-2(4,5)1(6)7/h4-9,18-20,29H,10H2,1-3H3,(H,30,31);(H,6,7)/t18-,19-,20+,23-;/m0./s1. The van der Waals surface area contributed by atoms with Crippen molar-refractivity contribution in [2.24, 2.45) is 5.41 Å². The van der Waals surface area contributed by atoms with E-state index < -0.39 is 53.2 Å². The fraction of sp³-hybridized carbons (Fsp3) is 0.400. The zero-order valence-electron chi connectivity index (χ0n) is 20.2. The minimum atomic E-state index is -5.08. The van der Waals surface area contributed by atoms with E-state index in [1.807, 2.05) is 20.8 Å². The summed E-state index contributed by atoms with van der Waals surface area (Å²) in [5.41, 5.74) is -2.15. The largest absolute Gasteiger partial charge is 0.490 e. The summed E-state index contributed by atoms with van der Waals surface area (Å²) in [4.78, 5) is 21.1. The molecule has 0 saturated carbocycles. The Morgan fingerprint density at radius 1 is 1.03 bits per heavy atom. The molecule has 13 heteroatoms. The van der Waals surface area contributed by atoms with Crippen molar-refractivity contribution < 1.29 is 41.8 Å². The van der Waals surface area contributed by atoms with Crippen LogP contribution in [0.4, 0.5) is 22.0 Å². The zero-order valence-corrected chi connectivity index (χ0v) is 21.7. The highest BCUT2D eigenvalue weighted by Crippen LogP contribution is 2.52. The molecule has 1 aliphatic rings. The minimum Gasteiger partial charge on any atom is -0.480 e. The van der Waals surface area contributed by atoms with E-state index in [0.717, 1.165) is 12.1 Å². The molecule has 4 atom stereocenters. The van der Waals surface area contributed by atoms with Crippen LogP contribution in [0.25, 0.3) is 0 Å². The highest BCUT2D eigenvalue weighted by atomic mass is 35.5. The van der Waals surface area contributed by atoms with Crippen LogP contribution in [-0.4, -0.2) is 40.4 Å². The first-order valence-corrected chi connectivity index (χ1v) is 11.7. The molecule has 1 saturated heterocycles. The molecule has 2 aromatic carbocycles. The summed E-state index contributed by atoms with van der Waals surface area (Å²) in [6, 6.07) is 7.71. The van der Waals surface area contributed by atoms with Crippen molar-refractivity contribution in [1.82, 2.24) is 5.32 Å². The summed E-state index contributed by atoms with van der Waals surface area (Å²) < 4.78 is 61.9. The first kappa shape index (κ1) is 31.3. The van der Waals surface area contributed by atoms with Gasteiger partial charge < -0.3 is 10.2 Å². The molecule has 0 spiro atoms. The number of carboxylic acid groups (broad SMARTS) is 2. The second-order valence-electron chi connectivity index (χ2n) is 9.85. The van der Waals surface area contributed by atoms with Crippen LogP contribution in [0.1, 0.15) is 44.2 Å². The molecular formula is C25H23Cl2F5N2O4. The Morgan fingerprint density at radius 2 is 1.55 bits per heavy atom. The number of hydrogen-bond donors (Lipinski definition) is 3. The van der Waals surface area contributed by atoms with Crippen molar-refractivity contribution in [1.29, 1.82) is 5.26 Å². The van der Waals surface area contributed by atoms with Crippen LogP contribution in [0.2, 0.25) is 10.0 Å². The van der Waals surface area contributed by atoms with Crippen molar-refractivity contribution in [3.63, 3.8) is 0 Å². The number of aliphatic carboxylic acids is 2. The third kappa shape index (κ3) is 6.73. The number of carboxylic acids is 2. The van der Waals surface area contributed by atoms with Gasteiger partial charge in [0.15, 0.2) is 0 Å². The molecule has 1 fully saturated rings. The Hall–Kier alpha value is -2.94. The van der Waals surface area contributed by atoms with Crippen molar-refractivity contribution >= 4 is 35.1 Å². The molecule has 206 valence electrons. The van der Waals surface area contributed by atoms with Gasteiger partial charge in [-0.25, -0.2) is 13.6 Å². The van der Waals surface area contributed by atoms with Gasteiger partial charge in [-0.15, -0.1) is 0 Å². The van der Waals surface area contributed by atoms with Crippen LogP contribution in [0, 0.1) is 28.4 Å². The van der Waals surface area contributed by atoms with Crippen molar-refractivity contribution in [3.8, 4) is 6.07 Å². The van der Waals surface area contributed by atoms with Crippen LogP contribution >= 0.6 is 23.2 Å². The molecule has 1 heterocycles. The minimum absolute atomic E-state index is 0.0331. The zero-order chi connectivity index (χ0) is 29.2. The number of rotatable bonds is 4. The van der Waals surface area contributed by atoms with Gasteiger partial charge in [-0.3, -0.25) is 10.1 Å². The number of hydrogen-bond acceptors (Lipinski definition) is 4. The summed E-state index contributed by atoms with van der Waals surface area (Å²) in [6.45, 7) is 5.79. The lowest BCUT2D eigenvalue weighted by Crippen LogP contribution is -2.44. The average Bonchev–Trinajstić information content (AvgIpc) is 3.08. The van der Waals surface area contributed by atoms with Gasteiger partial charge in [-0.1, -0.05) is 50.0 Å². The van der Waals surface area contributed by atoms with Crippen LogP contribution in [0.5, 0.6) is 0 Å². The monoisotopic (exact) mass is 580 g/mol. The highest BCUT2D eigenvalue weighted by Gasteiger charge is 2.61. The smallest absolute Gasteiger partial charge is 0.480 e. The van der Waals surface area contributed by atoms with E-state index >= 15 is 4.39 Å². The maximum Gasteiger partial charge on any atom is 0.490 e. The van der Waals surface area contributed by atoms with E-state index in [1.54, 1.807) is 0 Å². The summed E-state index contributed by atoms with van der Waals surface area (Å²) in [7, 11) is 0. The van der Waals surface area contributed by atoms with E-state index in [4.69, 9.17) is 33.1 Å². The van der Waals surface area contributed by atoms with E-state index in [0.29, 0.717) is 6.42 Å². The Labute approximate surface area is 225 Å². The van der Waals surface area contributed by atoms with E-state index in [-0.39, 0.29) is 26.6 Å². The van der Waals surface area contributed by atoms with Crippen LogP contribution in [0.15, 0.2) is 36.4 Å². The lowest BCUT2D eigenvalue weighted by molar-refractivity contribution is -0.192. The summed E-state index contributed by atoms with van der Waals surface area (Å²) >= 11 is 12.0. The molecule has 2 aromatic rings. The molecule has 0 aromatic heterocycles. The maximum absolute atomic E-state index is 15.2. The molecule has 0 unspecified atom stereocenters.